The maximum Gasteiger partial charge on any atom is 0.251 e. The van der Waals surface area contributed by atoms with E-state index in [1.807, 2.05) is 30.3 Å². The summed E-state index contributed by atoms with van der Waals surface area (Å²) in [6.07, 6.45) is 3.06. The van der Waals surface area contributed by atoms with E-state index in [-0.39, 0.29) is 21.9 Å². The summed E-state index contributed by atoms with van der Waals surface area (Å²) in [6.45, 7) is 0.737. The minimum Gasteiger partial charge on any atom is -0.366 e. The van der Waals surface area contributed by atoms with E-state index in [2.05, 4.69) is 37.8 Å². The second-order valence-electron chi connectivity index (χ2n) is 10.2. The summed E-state index contributed by atoms with van der Waals surface area (Å²) >= 11 is 2.33. The van der Waals surface area contributed by atoms with Gasteiger partial charge in [-0.3, -0.25) is 19.5 Å². The number of amides is 2. The molecule has 6 nitrogen and oxygen atoms in total. The van der Waals surface area contributed by atoms with Crippen LogP contribution >= 0.6 is 22.6 Å². The molecule has 4 aromatic rings. The zero-order valence-corrected chi connectivity index (χ0v) is 24.6. The highest BCUT2D eigenvalue weighted by atomic mass is 127. The number of hydrogen-bond donors (Lipinski definition) is 2. The van der Waals surface area contributed by atoms with Crippen LogP contribution in [0.25, 0.3) is 11.1 Å². The van der Waals surface area contributed by atoms with Gasteiger partial charge in [0.2, 0.25) is 5.91 Å². The van der Waals surface area contributed by atoms with Crippen molar-refractivity contribution in [2.75, 3.05) is 6.54 Å². The lowest BCUT2D eigenvalue weighted by atomic mass is 9.94. The van der Waals surface area contributed by atoms with E-state index < -0.39 is 35.4 Å². The first-order chi connectivity index (χ1) is 20.2. The fourth-order valence-corrected chi connectivity index (χ4v) is 6.50. The molecule has 1 aliphatic heterocycles. The van der Waals surface area contributed by atoms with Crippen molar-refractivity contribution in [3.63, 3.8) is 0 Å². The molecule has 1 aromatic heterocycles. The molecule has 0 radical (unpaired) electrons. The average molecular weight is 685 g/mol. The summed E-state index contributed by atoms with van der Waals surface area (Å²) < 4.78 is 42.6. The van der Waals surface area contributed by atoms with E-state index in [0.29, 0.717) is 28.8 Å². The first kappa shape index (κ1) is 29.7. The highest BCUT2D eigenvalue weighted by molar-refractivity contribution is 14.1. The zero-order valence-electron chi connectivity index (χ0n) is 22.4. The highest BCUT2D eigenvalue weighted by Crippen LogP contribution is 2.35. The Morgan fingerprint density at radius 2 is 1.74 bits per heavy atom. The van der Waals surface area contributed by atoms with Crippen LogP contribution in [0.5, 0.6) is 0 Å². The van der Waals surface area contributed by atoms with Crippen molar-refractivity contribution in [3.8, 4) is 11.1 Å². The first-order valence-electron chi connectivity index (χ1n) is 13.5. The average Bonchev–Trinajstić information content (AvgIpc) is 3.47. The molecule has 3 N–H and O–H groups in total. The summed E-state index contributed by atoms with van der Waals surface area (Å²) in [4.78, 5) is 32.4. The number of nitrogens with one attached hydrogen (secondary N) is 1. The van der Waals surface area contributed by atoms with E-state index in [0.717, 1.165) is 30.7 Å². The Morgan fingerprint density at radius 1 is 1.00 bits per heavy atom. The molecule has 1 fully saturated rings. The lowest BCUT2D eigenvalue weighted by molar-refractivity contribution is -0.126. The smallest absolute Gasteiger partial charge is 0.251 e. The number of benzene rings is 3. The molecule has 1 aliphatic rings. The van der Waals surface area contributed by atoms with Gasteiger partial charge in [-0.1, -0.05) is 65.1 Å². The van der Waals surface area contributed by atoms with Gasteiger partial charge in [0.05, 0.1) is 27.4 Å². The Kier molecular flexibility index (Phi) is 9.22. The fourth-order valence-electron chi connectivity index (χ4n) is 5.41. The van der Waals surface area contributed by atoms with Crippen molar-refractivity contribution in [3.05, 3.63) is 125 Å². The number of likely N-dealkylation sites (tertiary alicyclic amines) is 1. The first-order valence-corrected chi connectivity index (χ1v) is 14.7. The van der Waals surface area contributed by atoms with E-state index in [9.17, 15) is 22.8 Å². The molecule has 0 aliphatic carbocycles. The van der Waals surface area contributed by atoms with Crippen LogP contribution in [0.4, 0.5) is 13.2 Å². The predicted octanol–water partition coefficient (Wildman–Crippen LogP) is 6.26. The largest absolute Gasteiger partial charge is 0.366 e. The molecule has 2 unspecified atom stereocenters. The number of nitrogens with zero attached hydrogens (tertiary/aromatic N) is 2. The van der Waals surface area contributed by atoms with Crippen molar-refractivity contribution < 1.29 is 22.8 Å². The number of alkyl halides is 1. The Labute approximate surface area is 255 Å². The van der Waals surface area contributed by atoms with E-state index in [1.165, 1.54) is 24.3 Å². The molecule has 0 spiro atoms. The maximum absolute atomic E-state index is 14.3. The third-order valence-electron chi connectivity index (χ3n) is 7.35. The normalized spacial score (nSPS) is 16.6. The molecule has 2 heterocycles. The summed E-state index contributed by atoms with van der Waals surface area (Å²) in [5.74, 6) is -3.39. The molecule has 1 saturated heterocycles. The molecular formula is C32H28F3IN4O2. The van der Waals surface area contributed by atoms with Gasteiger partial charge in [-0.25, -0.2) is 13.2 Å². The Hall–Kier alpha value is -3.77. The minimum atomic E-state index is -0.923. The number of nitrogens with two attached hydrogens (primary N) is 1. The minimum absolute atomic E-state index is 0.0327. The summed E-state index contributed by atoms with van der Waals surface area (Å²) in [7, 11) is 0. The van der Waals surface area contributed by atoms with Crippen LogP contribution in [0.3, 0.4) is 0 Å². The molecule has 3 aromatic carbocycles. The number of aromatic nitrogens is 1. The SMILES string of the molecule is NC(=O)c1cc(-c2cccnc2[C@H](Cc2cc(F)cc(F)c2)NC(=O)C2CCCN2C(I)c2ccccc2)ccc1F. The molecule has 3 atom stereocenters. The molecule has 0 bridgehead atoms. The number of hydrogen-bond acceptors (Lipinski definition) is 4. The van der Waals surface area contributed by atoms with Crippen molar-refractivity contribution in [1.82, 2.24) is 15.2 Å². The molecule has 216 valence electrons. The second-order valence-corrected chi connectivity index (χ2v) is 11.4. The topological polar surface area (TPSA) is 88.3 Å². The van der Waals surface area contributed by atoms with Crippen LogP contribution in [0, 0.1) is 17.5 Å². The monoisotopic (exact) mass is 684 g/mol. The summed E-state index contributed by atoms with van der Waals surface area (Å²) in [6, 6.07) is 19.2. The van der Waals surface area contributed by atoms with Crippen molar-refractivity contribution >= 4 is 34.4 Å². The van der Waals surface area contributed by atoms with Crippen LogP contribution in [0.15, 0.2) is 85.1 Å². The number of pyridine rings is 1. The number of primary amides is 1. The maximum atomic E-state index is 14.3. The van der Waals surface area contributed by atoms with Crippen molar-refractivity contribution in [2.24, 2.45) is 5.73 Å². The van der Waals surface area contributed by atoms with Gasteiger partial charge in [0.15, 0.2) is 0 Å². The molecule has 10 heteroatoms. The highest BCUT2D eigenvalue weighted by Gasteiger charge is 2.36. The van der Waals surface area contributed by atoms with Gasteiger partial charge in [-0.2, -0.15) is 0 Å². The lowest BCUT2D eigenvalue weighted by Gasteiger charge is -2.30. The van der Waals surface area contributed by atoms with Crippen LogP contribution in [-0.4, -0.2) is 34.3 Å². The van der Waals surface area contributed by atoms with Crippen LogP contribution in [0.2, 0.25) is 0 Å². The zero-order chi connectivity index (χ0) is 29.8. The number of halogens is 4. The van der Waals surface area contributed by atoms with Gasteiger partial charge in [-0.05, 0) is 66.3 Å². The standard InChI is InChI=1S/C32H28F3IN4O2/c33-22-14-19(15-23(34)18-22)16-27(29-24(8-4-12-38-29)21-10-11-26(35)25(17-21)31(37)41)39-32(42)28-9-5-13-40(28)30(36)20-6-2-1-3-7-20/h1-4,6-8,10-12,14-15,17-18,27-28,30H,5,9,13,16H2,(H2,37,41)(H,39,42)/t27-,28?,30?/m0/s1. The van der Waals surface area contributed by atoms with Gasteiger partial charge in [0.25, 0.3) is 5.91 Å². The fraction of sp³-hybridized carbons (Fsp3) is 0.219. The van der Waals surface area contributed by atoms with Crippen molar-refractivity contribution in [1.29, 1.82) is 0 Å². The molecule has 42 heavy (non-hydrogen) atoms. The summed E-state index contributed by atoms with van der Waals surface area (Å²) in [5.41, 5.74) is 7.87. The van der Waals surface area contributed by atoms with Crippen LogP contribution < -0.4 is 11.1 Å². The quantitative estimate of drug-likeness (QED) is 0.124. The third kappa shape index (κ3) is 6.65. The third-order valence-corrected chi connectivity index (χ3v) is 8.79. The molecule has 0 saturated carbocycles. The Balaban J connectivity index is 1.51. The molecule has 5 rings (SSSR count). The number of carbonyl (C=O) groups is 2. The van der Waals surface area contributed by atoms with Gasteiger partial charge < -0.3 is 11.1 Å². The van der Waals surface area contributed by atoms with Gasteiger partial charge in [0.1, 0.15) is 17.5 Å². The predicted molar refractivity (Wildman–Crippen MR) is 162 cm³/mol. The molecule has 2 amide bonds. The summed E-state index contributed by atoms with van der Waals surface area (Å²) in [5, 5.41) is 3.10. The Morgan fingerprint density at radius 3 is 2.45 bits per heavy atom. The Bertz CT molecular complexity index is 1580. The number of rotatable bonds is 9. The second kappa shape index (κ2) is 13.0. The number of carbonyl (C=O) groups excluding carboxylic acids is 2. The van der Waals surface area contributed by atoms with E-state index in [4.69, 9.17) is 5.73 Å². The van der Waals surface area contributed by atoms with E-state index >= 15 is 0 Å². The lowest BCUT2D eigenvalue weighted by Crippen LogP contribution is -2.45. The van der Waals surface area contributed by atoms with Crippen LogP contribution in [-0.2, 0) is 11.2 Å². The van der Waals surface area contributed by atoms with Gasteiger partial charge in [0, 0.05) is 24.4 Å². The molecular weight excluding hydrogens is 656 g/mol. The van der Waals surface area contributed by atoms with Crippen molar-refractivity contribution in [2.45, 2.75) is 35.4 Å². The van der Waals surface area contributed by atoms with Gasteiger partial charge in [-0.15, -0.1) is 0 Å². The van der Waals surface area contributed by atoms with E-state index in [1.54, 1.807) is 18.3 Å². The van der Waals surface area contributed by atoms with Gasteiger partial charge >= 0.3 is 0 Å². The van der Waals surface area contributed by atoms with Crippen LogP contribution in [0.1, 0.15) is 50.1 Å².